The first-order valence-electron chi connectivity index (χ1n) is 5.87. The lowest BCUT2D eigenvalue weighted by atomic mass is 10.2. The second-order valence-electron chi connectivity index (χ2n) is 4.35. The third-order valence-corrected chi connectivity index (χ3v) is 9.52. The van der Waals surface area contributed by atoms with E-state index in [2.05, 4.69) is 31.9 Å². The summed E-state index contributed by atoms with van der Waals surface area (Å²) in [6, 6.07) is 0. The first-order valence-corrected chi connectivity index (χ1v) is 10.5. The van der Waals surface area contributed by atoms with Gasteiger partial charge in [0.1, 0.15) is 0 Å². The fourth-order valence-electron chi connectivity index (χ4n) is 2.15. The topological polar surface area (TPSA) is 54.5 Å². The maximum atomic E-state index is 12.5. The molecule has 0 unspecified atom stereocenters. The van der Waals surface area contributed by atoms with Gasteiger partial charge in [-0.15, -0.1) is 22.7 Å². The summed E-state index contributed by atoms with van der Waals surface area (Å²) in [4.78, 5) is 12.5. The van der Waals surface area contributed by atoms with Gasteiger partial charge in [0.25, 0.3) is 15.9 Å². The van der Waals surface area contributed by atoms with Gasteiger partial charge in [0, 0.05) is 11.9 Å². The molecule has 1 amide bonds. The molecule has 0 aromatic carbocycles. The SMILES string of the molecule is CCCCN1C(=O)c2c(sc3c(Br)sc(Br)c23)S1(=O)=O. The number of fused-ring (bicyclic) bond motifs is 3. The van der Waals surface area contributed by atoms with E-state index in [1.54, 1.807) is 0 Å². The highest BCUT2D eigenvalue weighted by molar-refractivity contribution is 9.12. The second kappa shape index (κ2) is 5.05. The van der Waals surface area contributed by atoms with E-state index >= 15 is 0 Å². The van der Waals surface area contributed by atoms with Gasteiger partial charge in [-0.3, -0.25) is 4.79 Å². The zero-order valence-electron chi connectivity index (χ0n) is 10.3. The molecule has 20 heavy (non-hydrogen) atoms. The van der Waals surface area contributed by atoms with E-state index in [1.807, 2.05) is 6.92 Å². The molecule has 0 bridgehead atoms. The third kappa shape index (κ3) is 1.93. The Morgan fingerprint density at radius 3 is 2.55 bits per heavy atom. The van der Waals surface area contributed by atoms with E-state index in [4.69, 9.17) is 0 Å². The van der Waals surface area contributed by atoms with Gasteiger partial charge in [-0.2, -0.15) is 0 Å². The Hall–Kier alpha value is 0.0400. The summed E-state index contributed by atoms with van der Waals surface area (Å²) < 4.78 is 28.6. The van der Waals surface area contributed by atoms with Crippen molar-refractivity contribution in [2.45, 2.75) is 24.0 Å². The minimum atomic E-state index is -3.67. The molecule has 2 aromatic rings. The van der Waals surface area contributed by atoms with Crippen LogP contribution in [0.2, 0.25) is 0 Å². The van der Waals surface area contributed by atoms with E-state index in [-0.39, 0.29) is 10.8 Å². The standard InChI is InChI=1S/C11H9Br2NO3S3/c1-2-3-4-14-10(15)6-5-7(9(13)19-8(5)12)18-11(6)20(14,16)17/h2-4H2,1H3. The fourth-order valence-corrected chi connectivity index (χ4v) is 8.84. The van der Waals surface area contributed by atoms with Crippen LogP contribution in [0.5, 0.6) is 0 Å². The number of unbranched alkanes of at least 4 members (excludes halogenated alkanes) is 1. The number of hydrogen-bond acceptors (Lipinski definition) is 5. The average Bonchev–Trinajstić information content (AvgIpc) is 2.94. The van der Waals surface area contributed by atoms with Crippen molar-refractivity contribution in [3.63, 3.8) is 0 Å². The maximum absolute atomic E-state index is 12.5. The van der Waals surface area contributed by atoms with Crippen LogP contribution in [0.25, 0.3) is 10.1 Å². The predicted molar refractivity (Wildman–Crippen MR) is 88.2 cm³/mol. The van der Waals surface area contributed by atoms with Crippen molar-refractivity contribution in [3.8, 4) is 0 Å². The summed E-state index contributed by atoms with van der Waals surface area (Å²) in [7, 11) is -3.67. The first kappa shape index (κ1) is 15.0. The molecule has 0 fully saturated rings. The second-order valence-corrected chi connectivity index (χ2v) is 11.1. The Balaban J connectivity index is 2.24. The normalized spacial score (nSPS) is 17.1. The van der Waals surface area contributed by atoms with E-state index < -0.39 is 15.9 Å². The van der Waals surface area contributed by atoms with Crippen LogP contribution >= 0.6 is 54.5 Å². The van der Waals surface area contributed by atoms with Crippen LogP contribution in [0.4, 0.5) is 0 Å². The molecule has 0 radical (unpaired) electrons. The largest absolute Gasteiger partial charge is 0.277 e. The van der Waals surface area contributed by atoms with Gasteiger partial charge in [-0.1, -0.05) is 13.3 Å². The highest BCUT2D eigenvalue weighted by Gasteiger charge is 2.45. The number of hydrogen-bond donors (Lipinski definition) is 0. The van der Waals surface area contributed by atoms with Crippen LogP contribution in [-0.2, 0) is 10.0 Å². The zero-order valence-corrected chi connectivity index (χ0v) is 15.9. The lowest BCUT2D eigenvalue weighted by molar-refractivity contribution is 0.0872. The maximum Gasteiger partial charge on any atom is 0.277 e. The third-order valence-electron chi connectivity index (χ3n) is 3.11. The van der Waals surface area contributed by atoms with Gasteiger partial charge in [0.05, 0.1) is 17.8 Å². The smallest absolute Gasteiger partial charge is 0.268 e. The van der Waals surface area contributed by atoms with Gasteiger partial charge in [0.2, 0.25) is 0 Å². The van der Waals surface area contributed by atoms with Crippen LogP contribution in [0.1, 0.15) is 30.1 Å². The highest BCUT2D eigenvalue weighted by Crippen LogP contribution is 2.50. The fraction of sp³-hybridized carbons (Fsp3) is 0.364. The van der Waals surface area contributed by atoms with Crippen LogP contribution in [0.3, 0.4) is 0 Å². The van der Waals surface area contributed by atoms with Crippen molar-refractivity contribution >= 4 is 80.6 Å². The van der Waals surface area contributed by atoms with Gasteiger partial charge >= 0.3 is 0 Å². The molecule has 3 heterocycles. The molecule has 3 rings (SSSR count). The molecule has 0 spiro atoms. The average molecular weight is 459 g/mol. The molecule has 0 atom stereocenters. The van der Waals surface area contributed by atoms with E-state index in [0.717, 1.165) is 39.7 Å². The van der Waals surface area contributed by atoms with Crippen LogP contribution < -0.4 is 0 Å². The molecule has 0 saturated heterocycles. The molecular weight excluding hydrogens is 450 g/mol. The Labute approximate surface area is 141 Å². The number of rotatable bonds is 3. The van der Waals surface area contributed by atoms with Crippen LogP contribution in [-0.4, -0.2) is 25.2 Å². The number of thiophene rings is 2. The summed E-state index contributed by atoms with van der Waals surface area (Å²) in [5, 5.41) is 0.717. The molecule has 2 aromatic heterocycles. The predicted octanol–water partition coefficient (Wildman–Crippen LogP) is 4.43. The number of nitrogens with zero attached hydrogens (tertiary/aromatic N) is 1. The number of carbonyl (C=O) groups excluding carboxylic acids is 1. The van der Waals surface area contributed by atoms with Gasteiger partial charge < -0.3 is 0 Å². The lowest BCUT2D eigenvalue weighted by Gasteiger charge is -2.14. The van der Waals surface area contributed by atoms with E-state index in [0.29, 0.717) is 12.0 Å². The van der Waals surface area contributed by atoms with Crippen molar-refractivity contribution < 1.29 is 13.2 Å². The molecule has 0 aliphatic carbocycles. The minimum absolute atomic E-state index is 0.179. The number of sulfonamides is 1. The van der Waals surface area contributed by atoms with Crippen molar-refractivity contribution in [2.24, 2.45) is 0 Å². The summed E-state index contributed by atoms with van der Waals surface area (Å²) in [6.07, 6.45) is 1.52. The van der Waals surface area contributed by atoms with Crippen molar-refractivity contribution in [3.05, 3.63) is 13.1 Å². The minimum Gasteiger partial charge on any atom is -0.268 e. The number of halogens is 2. The van der Waals surface area contributed by atoms with Gasteiger partial charge in [0.15, 0.2) is 4.21 Å². The van der Waals surface area contributed by atoms with Crippen molar-refractivity contribution in [1.29, 1.82) is 0 Å². The molecule has 108 valence electrons. The van der Waals surface area contributed by atoms with E-state index in [9.17, 15) is 13.2 Å². The quantitative estimate of drug-likeness (QED) is 0.683. The molecule has 4 nitrogen and oxygen atoms in total. The number of carbonyl (C=O) groups is 1. The molecule has 0 saturated carbocycles. The summed E-state index contributed by atoms with van der Waals surface area (Å²) in [5.74, 6) is -0.397. The van der Waals surface area contributed by atoms with Crippen molar-refractivity contribution in [2.75, 3.05) is 6.54 Å². The van der Waals surface area contributed by atoms with Crippen LogP contribution in [0.15, 0.2) is 11.8 Å². The Morgan fingerprint density at radius 2 is 1.90 bits per heavy atom. The number of amides is 1. The van der Waals surface area contributed by atoms with Crippen molar-refractivity contribution in [1.82, 2.24) is 4.31 Å². The Morgan fingerprint density at radius 1 is 1.20 bits per heavy atom. The Kier molecular flexibility index (Phi) is 3.77. The monoisotopic (exact) mass is 457 g/mol. The van der Waals surface area contributed by atoms with Crippen LogP contribution in [0, 0.1) is 0 Å². The van der Waals surface area contributed by atoms with Gasteiger partial charge in [-0.05, 0) is 38.3 Å². The molecule has 1 aliphatic rings. The van der Waals surface area contributed by atoms with E-state index in [1.165, 1.54) is 11.3 Å². The summed E-state index contributed by atoms with van der Waals surface area (Å²) in [6.45, 7) is 2.22. The Bertz CT molecular complexity index is 822. The molecular formula is C11H9Br2NO3S3. The highest BCUT2D eigenvalue weighted by atomic mass is 79.9. The van der Waals surface area contributed by atoms with Gasteiger partial charge in [-0.25, -0.2) is 12.7 Å². The zero-order chi connectivity index (χ0) is 14.7. The molecule has 0 N–H and O–H groups in total. The molecule has 1 aliphatic heterocycles. The lowest BCUT2D eigenvalue weighted by Crippen LogP contribution is -2.31. The summed E-state index contributed by atoms with van der Waals surface area (Å²) in [5.41, 5.74) is 0.329. The summed E-state index contributed by atoms with van der Waals surface area (Å²) >= 11 is 9.45. The molecule has 9 heteroatoms. The first-order chi connectivity index (χ1) is 9.39.